The first-order valence-corrected chi connectivity index (χ1v) is 8.55. The van der Waals surface area contributed by atoms with Crippen LogP contribution in [0.15, 0.2) is 66.7 Å². The largest absolute Gasteiger partial charge is 0.457 e. The van der Waals surface area contributed by atoms with Crippen LogP contribution < -0.4 is 4.74 Å². The summed E-state index contributed by atoms with van der Waals surface area (Å²) >= 11 is 11.3. The van der Waals surface area contributed by atoms with Gasteiger partial charge >= 0.3 is 0 Å². The molecular weight excluding hydrogens is 368 g/mol. The van der Waals surface area contributed by atoms with E-state index in [2.05, 4.69) is 28.1 Å². The van der Waals surface area contributed by atoms with Crippen molar-refractivity contribution in [1.29, 1.82) is 0 Å². The standard InChI is InChI=1S/C17H12BrClOS/c18-17(15-10-11-16(19)21-15)12-6-8-14(9-7-12)20-13-4-2-1-3-5-13/h1-11,17H. The fourth-order valence-electron chi connectivity index (χ4n) is 1.96. The molecule has 21 heavy (non-hydrogen) atoms. The Bertz CT molecular complexity index is 709. The zero-order chi connectivity index (χ0) is 14.7. The number of hydrogen-bond acceptors (Lipinski definition) is 2. The first-order chi connectivity index (χ1) is 10.2. The van der Waals surface area contributed by atoms with E-state index in [4.69, 9.17) is 16.3 Å². The summed E-state index contributed by atoms with van der Waals surface area (Å²) in [6, 6.07) is 21.8. The molecule has 4 heteroatoms. The molecule has 2 aromatic carbocycles. The van der Waals surface area contributed by atoms with Crippen LogP contribution in [0.5, 0.6) is 11.5 Å². The quantitative estimate of drug-likeness (QED) is 0.459. The Morgan fingerprint density at radius 1 is 0.857 bits per heavy atom. The number of para-hydroxylation sites is 1. The van der Waals surface area contributed by atoms with Crippen molar-refractivity contribution in [3.05, 3.63) is 81.5 Å². The molecule has 0 aliphatic heterocycles. The molecule has 0 aliphatic rings. The molecule has 1 nitrogen and oxygen atoms in total. The summed E-state index contributed by atoms with van der Waals surface area (Å²) < 4.78 is 6.59. The van der Waals surface area contributed by atoms with Gasteiger partial charge in [-0.05, 0) is 42.0 Å². The van der Waals surface area contributed by atoms with Gasteiger partial charge < -0.3 is 4.74 Å². The van der Waals surface area contributed by atoms with Crippen molar-refractivity contribution in [2.45, 2.75) is 4.83 Å². The smallest absolute Gasteiger partial charge is 0.127 e. The lowest BCUT2D eigenvalue weighted by atomic mass is 10.1. The minimum Gasteiger partial charge on any atom is -0.457 e. The number of rotatable bonds is 4. The number of ether oxygens (including phenoxy) is 1. The SMILES string of the molecule is Clc1ccc(C(Br)c2ccc(Oc3ccccc3)cc2)s1. The van der Waals surface area contributed by atoms with Gasteiger partial charge in [0.15, 0.2) is 0 Å². The Morgan fingerprint density at radius 3 is 2.14 bits per heavy atom. The highest BCUT2D eigenvalue weighted by Gasteiger charge is 2.12. The van der Waals surface area contributed by atoms with Crippen LogP contribution in [0.4, 0.5) is 0 Å². The second kappa shape index (κ2) is 6.65. The average molecular weight is 380 g/mol. The van der Waals surface area contributed by atoms with E-state index in [0.29, 0.717) is 0 Å². The highest BCUT2D eigenvalue weighted by atomic mass is 79.9. The first kappa shape index (κ1) is 14.6. The highest BCUT2D eigenvalue weighted by Crippen LogP contribution is 2.37. The van der Waals surface area contributed by atoms with Crippen molar-refractivity contribution in [2.24, 2.45) is 0 Å². The number of thiophene rings is 1. The molecule has 0 bridgehead atoms. The molecule has 106 valence electrons. The monoisotopic (exact) mass is 378 g/mol. The van der Waals surface area contributed by atoms with Crippen molar-refractivity contribution < 1.29 is 4.74 Å². The van der Waals surface area contributed by atoms with Gasteiger partial charge in [0.25, 0.3) is 0 Å². The van der Waals surface area contributed by atoms with E-state index in [1.165, 1.54) is 10.4 Å². The molecule has 0 spiro atoms. The van der Waals surface area contributed by atoms with Crippen LogP contribution in [-0.4, -0.2) is 0 Å². The minimum absolute atomic E-state index is 0.153. The van der Waals surface area contributed by atoms with Crippen LogP contribution in [-0.2, 0) is 0 Å². The highest BCUT2D eigenvalue weighted by molar-refractivity contribution is 9.09. The second-order valence-corrected chi connectivity index (χ2v) is 7.15. The fourth-order valence-corrected chi connectivity index (χ4v) is 3.76. The number of hydrogen-bond donors (Lipinski definition) is 0. The van der Waals surface area contributed by atoms with Gasteiger partial charge in [0, 0.05) is 4.88 Å². The molecule has 1 unspecified atom stereocenters. The Hall–Kier alpha value is -1.29. The second-order valence-electron chi connectivity index (χ2n) is 4.49. The molecule has 0 saturated heterocycles. The van der Waals surface area contributed by atoms with Crippen molar-refractivity contribution in [2.75, 3.05) is 0 Å². The van der Waals surface area contributed by atoms with Crippen LogP contribution in [0.25, 0.3) is 0 Å². The molecule has 0 aliphatic carbocycles. The third-order valence-electron chi connectivity index (χ3n) is 3.00. The van der Waals surface area contributed by atoms with Crippen molar-refractivity contribution in [3.63, 3.8) is 0 Å². The molecule has 1 heterocycles. The van der Waals surface area contributed by atoms with Crippen LogP contribution in [0.3, 0.4) is 0 Å². The molecule has 0 radical (unpaired) electrons. The van der Waals surface area contributed by atoms with E-state index >= 15 is 0 Å². The van der Waals surface area contributed by atoms with Gasteiger partial charge in [-0.25, -0.2) is 0 Å². The van der Waals surface area contributed by atoms with E-state index in [9.17, 15) is 0 Å². The molecular formula is C17H12BrClOS. The van der Waals surface area contributed by atoms with E-state index in [1.54, 1.807) is 11.3 Å². The van der Waals surface area contributed by atoms with E-state index in [1.807, 2.05) is 54.6 Å². The molecule has 3 rings (SSSR count). The summed E-state index contributed by atoms with van der Waals surface area (Å²) in [6.07, 6.45) is 0. The van der Waals surface area contributed by atoms with Crippen LogP contribution >= 0.6 is 38.9 Å². The van der Waals surface area contributed by atoms with E-state index in [-0.39, 0.29) is 4.83 Å². The number of halogens is 2. The lowest BCUT2D eigenvalue weighted by Gasteiger charge is -2.10. The summed E-state index contributed by atoms with van der Waals surface area (Å²) in [6.45, 7) is 0. The van der Waals surface area contributed by atoms with Gasteiger partial charge in [0.1, 0.15) is 11.5 Å². The summed E-state index contributed by atoms with van der Waals surface area (Å²) in [4.78, 5) is 1.34. The minimum atomic E-state index is 0.153. The lowest BCUT2D eigenvalue weighted by Crippen LogP contribution is -1.90. The molecule has 0 N–H and O–H groups in total. The average Bonchev–Trinajstić information content (AvgIpc) is 2.95. The van der Waals surface area contributed by atoms with Crippen LogP contribution in [0.2, 0.25) is 4.34 Å². The molecule has 1 atom stereocenters. The third-order valence-corrected chi connectivity index (χ3v) is 5.62. The normalized spacial score (nSPS) is 12.1. The molecule has 0 fully saturated rings. The Kier molecular flexibility index (Phi) is 4.63. The van der Waals surface area contributed by atoms with E-state index < -0.39 is 0 Å². The molecule has 0 amide bonds. The summed E-state index contributed by atoms with van der Waals surface area (Å²) in [5.74, 6) is 1.67. The predicted octanol–water partition coefficient (Wildman–Crippen LogP) is 6.68. The Balaban J connectivity index is 1.75. The maximum absolute atomic E-state index is 5.99. The van der Waals surface area contributed by atoms with Gasteiger partial charge in [-0.1, -0.05) is 57.9 Å². The molecule has 1 aromatic heterocycles. The lowest BCUT2D eigenvalue weighted by molar-refractivity contribution is 0.482. The van der Waals surface area contributed by atoms with Crippen molar-refractivity contribution >= 4 is 38.9 Å². The van der Waals surface area contributed by atoms with Gasteiger partial charge in [-0.15, -0.1) is 11.3 Å². The van der Waals surface area contributed by atoms with Crippen LogP contribution in [0, 0.1) is 0 Å². The van der Waals surface area contributed by atoms with E-state index in [0.717, 1.165) is 15.8 Å². The maximum Gasteiger partial charge on any atom is 0.127 e. The zero-order valence-electron chi connectivity index (χ0n) is 11.0. The Labute approximate surface area is 141 Å². The van der Waals surface area contributed by atoms with Gasteiger partial charge in [-0.2, -0.15) is 0 Å². The number of benzene rings is 2. The zero-order valence-corrected chi connectivity index (χ0v) is 14.2. The predicted molar refractivity (Wildman–Crippen MR) is 93.1 cm³/mol. The van der Waals surface area contributed by atoms with Gasteiger partial charge in [0.2, 0.25) is 0 Å². The summed E-state index contributed by atoms with van der Waals surface area (Å²) in [7, 11) is 0. The molecule has 3 aromatic rings. The first-order valence-electron chi connectivity index (χ1n) is 6.44. The third kappa shape index (κ3) is 3.67. The maximum atomic E-state index is 5.99. The van der Waals surface area contributed by atoms with Gasteiger partial charge in [0.05, 0.1) is 9.16 Å². The number of alkyl halides is 1. The molecule has 0 saturated carbocycles. The fraction of sp³-hybridized carbons (Fsp3) is 0.0588. The van der Waals surface area contributed by atoms with Crippen LogP contribution in [0.1, 0.15) is 15.3 Å². The summed E-state index contributed by atoms with van der Waals surface area (Å²) in [5, 5.41) is 0. The van der Waals surface area contributed by atoms with Crippen molar-refractivity contribution in [1.82, 2.24) is 0 Å². The Morgan fingerprint density at radius 2 is 1.52 bits per heavy atom. The topological polar surface area (TPSA) is 9.23 Å². The van der Waals surface area contributed by atoms with Crippen molar-refractivity contribution in [3.8, 4) is 11.5 Å². The van der Waals surface area contributed by atoms with Gasteiger partial charge in [-0.3, -0.25) is 0 Å². The summed E-state index contributed by atoms with van der Waals surface area (Å²) in [5.41, 5.74) is 1.17.